The lowest BCUT2D eigenvalue weighted by Gasteiger charge is -2.03. The second-order valence-corrected chi connectivity index (χ2v) is 6.30. The van der Waals surface area contributed by atoms with Gasteiger partial charge in [-0.3, -0.25) is 9.98 Å². The van der Waals surface area contributed by atoms with E-state index in [9.17, 15) is 18.5 Å². The van der Waals surface area contributed by atoms with Gasteiger partial charge < -0.3 is 9.26 Å². The lowest BCUT2D eigenvalue weighted by atomic mass is 10.1. The lowest BCUT2D eigenvalue weighted by Crippen LogP contribution is -2.11. The third-order valence-corrected chi connectivity index (χ3v) is 3.98. The summed E-state index contributed by atoms with van der Waals surface area (Å²) in [6, 6.07) is 6.76. The van der Waals surface area contributed by atoms with Gasteiger partial charge in [0.15, 0.2) is 0 Å². The molecule has 0 amide bonds. The number of hydrogen-bond acceptors (Lipinski definition) is 9. The molecule has 0 aliphatic carbocycles. The van der Waals surface area contributed by atoms with E-state index in [2.05, 4.69) is 15.7 Å². The van der Waals surface area contributed by atoms with Crippen LogP contribution in [0.15, 0.2) is 38.8 Å². The van der Waals surface area contributed by atoms with E-state index in [0.29, 0.717) is 5.69 Å². The molecule has 136 valence electrons. The Balaban J connectivity index is 2.30. The molecule has 0 aliphatic heterocycles. The van der Waals surface area contributed by atoms with Crippen LogP contribution in [0.4, 0.5) is 5.69 Å². The van der Waals surface area contributed by atoms with E-state index in [1.54, 1.807) is 13.0 Å². The molecule has 0 radical (unpaired) electrons. The standard InChI is InChI=1S/C15H14N4O6S/c1-3-24-15(20)13-9(2)19-25-14(13)12(8-16)18-17-10-4-6-11(7-5-10)26(21,22)23/h4-7,17H,3H2,1-2H3,(H,21,22,23)/b18-12+. The van der Waals surface area contributed by atoms with Gasteiger partial charge in [-0.05, 0) is 38.1 Å². The van der Waals surface area contributed by atoms with Crippen LogP contribution >= 0.6 is 0 Å². The van der Waals surface area contributed by atoms with Crippen molar-refractivity contribution in [3.8, 4) is 6.07 Å². The third-order valence-electron chi connectivity index (χ3n) is 3.11. The van der Waals surface area contributed by atoms with Gasteiger partial charge in [0.25, 0.3) is 10.1 Å². The number of rotatable bonds is 6. The molecular formula is C15H14N4O6S. The Morgan fingerprint density at radius 2 is 2.08 bits per heavy atom. The first kappa shape index (κ1) is 19.1. The zero-order valence-electron chi connectivity index (χ0n) is 13.8. The molecule has 0 spiro atoms. The van der Waals surface area contributed by atoms with Crippen LogP contribution < -0.4 is 5.43 Å². The summed E-state index contributed by atoms with van der Waals surface area (Å²) in [5.74, 6) is -0.841. The van der Waals surface area contributed by atoms with Crippen LogP contribution in [0.1, 0.15) is 28.7 Å². The highest BCUT2D eigenvalue weighted by atomic mass is 32.2. The van der Waals surface area contributed by atoms with Crippen LogP contribution in [-0.2, 0) is 14.9 Å². The Morgan fingerprint density at radius 1 is 1.42 bits per heavy atom. The van der Waals surface area contributed by atoms with Crippen molar-refractivity contribution in [2.45, 2.75) is 18.7 Å². The van der Waals surface area contributed by atoms with Crippen LogP contribution in [0.5, 0.6) is 0 Å². The fourth-order valence-electron chi connectivity index (χ4n) is 1.92. The number of aryl methyl sites for hydroxylation is 1. The first-order chi connectivity index (χ1) is 12.3. The molecule has 2 aromatic rings. The molecule has 1 aromatic carbocycles. The van der Waals surface area contributed by atoms with Gasteiger partial charge in [-0.15, -0.1) is 0 Å². The third kappa shape index (κ3) is 4.24. The molecular weight excluding hydrogens is 364 g/mol. The summed E-state index contributed by atoms with van der Waals surface area (Å²) < 4.78 is 40.8. The van der Waals surface area contributed by atoms with Gasteiger partial charge in [-0.1, -0.05) is 5.16 Å². The van der Waals surface area contributed by atoms with Gasteiger partial charge in [0, 0.05) is 0 Å². The number of hydrogen-bond donors (Lipinski definition) is 2. The number of benzene rings is 1. The number of ether oxygens (including phenoxy) is 1. The van der Waals surface area contributed by atoms with Gasteiger partial charge in [0.1, 0.15) is 11.6 Å². The zero-order valence-corrected chi connectivity index (χ0v) is 14.6. The Bertz CT molecular complexity index is 986. The molecule has 0 aliphatic rings. The minimum Gasteiger partial charge on any atom is -0.462 e. The van der Waals surface area contributed by atoms with Crippen molar-refractivity contribution in [3.05, 3.63) is 41.3 Å². The van der Waals surface area contributed by atoms with Crippen molar-refractivity contribution in [1.29, 1.82) is 5.26 Å². The largest absolute Gasteiger partial charge is 0.462 e. The van der Waals surface area contributed by atoms with Crippen LogP contribution in [0.3, 0.4) is 0 Å². The Hall–Kier alpha value is -3.23. The van der Waals surface area contributed by atoms with E-state index >= 15 is 0 Å². The maximum atomic E-state index is 12.0. The number of anilines is 1. The molecule has 26 heavy (non-hydrogen) atoms. The first-order valence-electron chi connectivity index (χ1n) is 7.23. The van der Waals surface area contributed by atoms with Crippen molar-refractivity contribution in [3.63, 3.8) is 0 Å². The fraction of sp³-hybridized carbons (Fsp3) is 0.200. The number of esters is 1. The van der Waals surface area contributed by atoms with Crippen molar-refractivity contribution in [2.75, 3.05) is 12.0 Å². The Labute approximate surface area is 148 Å². The van der Waals surface area contributed by atoms with Crippen molar-refractivity contribution in [2.24, 2.45) is 5.10 Å². The molecule has 0 bridgehead atoms. The summed E-state index contributed by atoms with van der Waals surface area (Å²) in [7, 11) is -4.31. The minimum absolute atomic E-state index is 0.00401. The normalized spacial score (nSPS) is 11.7. The van der Waals surface area contributed by atoms with E-state index < -0.39 is 16.1 Å². The highest BCUT2D eigenvalue weighted by molar-refractivity contribution is 7.85. The van der Waals surface area contributed by atoms with E-state index in [1.165, 1.54) is 19.1 Å². The molecule has 2 rings (SSSR count). The van der Waals surface area contributed by atoms with E-state index in [4.69, 9.17) is 13.8 Å². The number of nitrogens with one attached hydrogen (secondary N) is 1. The topological polar surface area (TPSA) is 155 Å². The highest BCUT2D eigenvalue weighted by Crippen LogP contribution is 2.17. The first-order valence-corrected chi connectivity index (χ1v) is 8.67. The number of nitrogens with zero attached hydrogens (tertiary/aromatic N) is 3. The SMILES string of the molecule is CCOC(=O)c1c(C)noc1/C(C#N)=N/Nc1ccc(S(=O)(=O)O)cc1. The molecule has 1 heterocycles. The number of carbonyl (C=O) groups is 1. The van der Waals surface area contributed by atoms with Gasteiger partial charge in [-0.25, -0.2) is 4.79 Å². The van der Waals surface area contributed by atoms with E-state index in [1.807, 2.05) is 0 Å². The molecule has 0 unspecified atom stereocenters. The average Bonchev–Trinajstić information content (AvgIpc) is 2.97. The highest BCUT2D eigenvalue weighted by Gasteiger charge is 2.25. The summed E-state index contributed by atoms with van der Waals surface area (Å²) in [4.78, 5) is 11.7. The lowest BCUT2D eigenvalue weighted by molar-refractivity contribution is 0.0524. The maximum Gasteiger partial charge on any atom is 0.344 e. The van der Waals surface area contributed by atoms with Crippen molar-refractivity contribution in [1.82, 2.24) is 5.16 Å². The Kier molecular flexibility index (Phi) is 5.71. The van der Waals surface area contributed by atoms with E-state index in [0.717, 1.165) is 12.1 Å². The summed E-state index contributed by atoms with van der Waals surface area (Å²) in [6.45, 7) is 3.30. The average molecular weight is 378 g/mol. The predicted molar refractivity (Wildman–Crippen MR) is 89.2 cm³/mol. The number of nitriles is 1. The summed E-state index contributed by atoms with van der Waals surface area (Å²) in [5.41, 5.74) is 2.85. The molecule has 0 saturated heterocycles. The molecule has 11 heteroatoms. The monoisotopic (exact) mass is 378 g/mol. The summed E-state index contributed by atoms with van der Waals surface area (Å²) in [5, 5.41) is 16.8. The van der Waals surface area contributed by atoms with Crippen LogP contribution in [-0.4, -0.2) is 36.4 Å². The van der Waals surface area contributed by atoms with Crippen molar-refractivity contribution < 1.29 is 27.0 Å². The fourth-order valence-corrected chi connectivity index (χ4v) is 2.40. The van der Waals surface area contributed by atoms with E-state index in [-0.39, 0.29) is 34.2 Å². The number of aromatic nitrogens is 1. The zero-order chi connectivity index (χ0) is 19.3. The predicted octanol–water partition coefficient (Wildman–Crippen LogP) is 1.75. The van der Waals surface area contributed by atoms with Crippen LogP contribution in [0, 0.1) is 18.3 Å². The molecule has 10 nitrogen and oxygen atoms in total. The smallest absolute Gasteiger partial charge is 0.344 e. The van der Waals surface area contributed by atoms with Crippen LogP contribution in [0.25, 0.3) is 0 Å². The van der Waals surface area contributed by atoms with Gasteiger partial charge in [-0.2, -0.15) is 18.8 Å². The molecule has 0 saturated carbocycles. The number of carbonyl (C=O) groups excluding carboxylic acids is 1. The number of hydrazone groups is 1. The van der Waals surface area contributed by atoms with Gasteiger partial charge >= 0.3 is 5.97 Å². The molecule has 1 aromatic heterocycles. The summed E-state index contributed by atoms with van der Waals surface area (Å²) in [6.07, 6.45) is 0. The summed E-state index contributed by atoms with van der Waals surface area (Å²) >= 11 is 0. The molecule has 0 atom stereocenters. The second kappa shape index (κ2) is 7.77. The molecule has 0 fully saturated rings. The van der Waals surface area contributed by atoms with Gasteiger partial charge in [0.2, 0.25) is 11.5 Å². The van der Waals surface area contributed by atoms with Crippen LogP contribution in [0.2, 0.25) is 0 Å². The Morgan fingerprint density at radius 3 is 2.62 bits per heavy atom. The minimum atomic E-state index is -4.31. The maximum absolute atomic E-state index is 12.0. The van der Waals surface area contributed by atoms with Gasteiger partial charge in [0.05, 0.1) is 22.9 Å². The molecule has 2 N–H and O–H groups in total. The van der Waals surface area contributed by atoms with Crippen molar-refractivity contribution >= 4 is 27.5 Å². The quantitative estimate of drug-likeness (QED) is 0.331. The second-order valence-electron chi connectivity index (χ2n) is 4.88.